The maximum atomic E-state index is 13.0. The lowest BCUT2D eigenvalue weighted by Crippen LogP contribution is -2.20. The van der Waals surface area contributed by atoms with Gasteiger partial charge in [0.2, 0.25) is 9.84 Å². The van der Waals surface area contributed by atoms with Crippen LogP contribution in [0.25, 0.3) is 5.57 Å². The number of benzene rings is 2. The predicted octanol–water partition coefficient (Wildman–Crippen LogP) is 5.75. The highest BCUT2D eigenvalue weighted by molar-refractivity contribution is 7.95. The van der Waals surface area contributed by atoms with Crippen molar-refractivity contribution in [2.24, 2.45) is 0 Å². The van der Waals surface area contributed by atoms with E-state index in [2.05, 4.69) is 30.7 Å². The van der Waals surface area contributed by atoms with Crippen LogP contribution in [0.15, 0.2) is 52.3 Å². The lowest BCUT2D eigenvalue weighted by atomic mass is 9.96. The molecule has 7 heteroatoms. The van der Waals surface area contributed by atoms with Crippen molar-refractivity contribution in [1.82, 2.24) is 4.90 Å². The van der Waals surface area contributed by atoms with E-state index in [0.29, 0.717) is 28.7 Å². The Kier molecular flexibility index (Phi) is 7.16. The number of rotatable bonds is 6. The van der Waals surface area contributed by atoms with E-state index in [1.54, 1.807) is 18.2 Å². The van der Waals surface area contributed by atoms with Crippen LogP contribution in [0.1, 0.15) is 55.4 Å². The number of halogens is 3. The summed E-state index contributed by atoms with van der Waals surface area (Å²) in [7, 11) is -1.64. The van der Waals surface area contributed by atoms with Gasteiger partial charge in [0, 0.05) is 23.1 Å². The fraction of sp³-hybridized carbons (Fsp3) is 0.360. The molecule has 0 N–H and O–H groups in total. The molecule has 0 atom stereocenters. The number of hydrogen-bond acceptors (Lipinski definition) is 3. The molecule has 170 valence electrons. The highest BCUT2D eigenvalue weighted by atomic mass is 32.2. The van der Waals surface area contributed by atoms with E-state index in [1.165, 1.54) is 19.1 Å². The molecule has 1 aliphatic rings. The molecule has 2 aromatic rings. The number of allylic oxidation sites excluding steroid dienone is 1. The van der Waals surface area contributed by atoms with Crippen molar-refractivity contribution in [3.05, 3.63) is 69.6 Å². The molecule has 1 heterocycles. The molecule has 3 rings (SSSR count). The van der Waals surface area contributed by atoms with E-state index in [9.17, 15) is 21.6 Å². The first-order chi connectivity index (χ1) is 15.1. The monoisotopic (exact) mass is 461 g/mol. The Morgan fingerprint density at radius 2 is 1.72 bits per heavy atom. The molecule has 0 aliphatic carbocycles. The van der Waals surface area contributed by atoms with E-state index in [-0.39, 0.29) is 9.80 Å². The van der Waals surface area contributed by atoms with E-state index in [0.717, 1.165) is 38.1 Å². The first-order valence-corrected chi connectivity index (χ1v) is 12.0. The summed E-state index contributed by atoms with van der Waals surface area (Å²) in [5, 5.41) is 0. The van der Waals surface area contributed by atoms with Gasteiger partial charge in [-0.1, -0.05) is 37.0 Å². The van der Waals surface area contributed by atoms with Crippen LogP contribution in [0.5, 0.6) is 0 Å². The smallest absolute Gasteiger partial charge is 0.306 e. The van der Waals surface area contributed by atoms with Crippen LogP contribution in [0.2, 0.25) is 0 Å². The van der Waals surface area contributed by atoms with Gasteiger partial charge in [0.25, 0.3) is 0 Å². The molecule has 0 spiro atoms. The number of unbranched alkanes of at least 4 members (excludes halogenated alkanes) is 1. The number of hydrogen-bond donors (Lipinski definition) is 0. The van der Waals surface area contributed by atoms with Gasteiger partial charge >= 0.3 is 6.18 Å². The Morgan fingerprint density at radius 1 is 1.03 bits per heavy atom. The maximum absolute atomic E-state index is 13.0. The van der Waals surface area contributed by atoms with Crippen LogP contribution in [-0.2, 0) is 16.0 Å². The number of fused-ring (bicyclic) bond motifs is 1. The quantitative estimate of drug-likeness (QED) is 0.406. The Morgan fingerprint density at radius 3 is 2.34 bits per heavy atom. The highest BCUT2D eigenvalue weighted by Gasteiger charge is 2.34. The third-order valence-corrected chi connectivity index (χ3v) is 7.40. The van der Waals surface area contributed by atoms with Crippen molar-refractivity contribution in [1.29, 1.82) is 0 Å². The largest absolute Gasteiger partial charge is 0.416 e. The average Bonchev–Trinajstić information content (AvgIpc) is 2.93. The topological polar surface area (TPSA) is 37.4 Å². The fourth-order valence-electron chi connectivity index (χ4n) is 3.80. The molecule has 0 radical (unpaired) electrons. The van der Waals surface area contributed by atoms with Crippen LogP contribution in [0.4, 0.5) is 13.2 Å². The first-order valence-electron chi connectivity index (χ1n) is 10.5. The molecule has 1 aliphatic heterocycles. The van der Waals surface area contributed by atoms with Crippen LogP contribution in [0.3, 0.4) is 0 Å². The summed E-state index contributed by atoms with van der Waals surface area (Å²) in [6.45, 7) is 5.63. The molecule has 2 aromatic carbocycles. The van der Waals surface area contributed by atoms with Gasteiger partial charge in [-0.15, -0.1) is 0 Å². The molecular formula is C25H26F3NO2S. The Bertz CT molecular complexity index is 1180. The lowest BCUT2D eigenvalue weighted by Gasteiger charge is -2.13. The minimum absolute atomic E-state index is 0.135. The molecule has 0 bridgehead atoms. The van der Waals surface area contributed by atoms with Crippen molar-refractivity contribution in [3.63, 3.8) is 0 Å². The maximum Gasteiger partial charge on any atom is 0.416 e. The zero-order chi connectivity index (χ0) is 23.5. The zero-order valence-electron chi connectivity index (χ0n) is 18.4. The summed E-state index contributed by atoms with van der Waals surface area (Å²) in [6.07, 6.45) is -1.69. The molecule has 0 aromatic heterocycles. The SMILES string of the molecule is CCCN(C)CCCC#Cc1ccc2c(c1)S(=O)(=O)C(C)=C2c1ccc(C(F)(F)F)cc1. The third kappa shape index (κ3) is 5.08. The summed E-state index contributed by atoms with van der Waals surface area (Å²) in [5.41, 5.74) is 1.21. The van der Waals surface area contributed by atoms with E-state index in [4.69, 9.17) is 0 Å². The minimum atomic E-state index is -4.44. The van der Waals surface area contributed by atoms with Crippen molar-refractivity contribution >= 4 is 15.4 Å². The van der Waals surface area contributed by atoms with Crippen molar-refractivity contribution < 1.29 is 21.6 Å². The molecule has 0 amide bonds. The highest BCUT2D eigenvalue weighted by Crippen LogP contribution is 2.43. The predicted molar refractivity (Wildman–Crippen MR) is 121 cm³/mol. The minimum Gasteiger partial charge on any atom is -0.306 e. The van der Waals surface area contributed by atoms with Crippen LogP contribution >= 0.6 is 0 Å². The number of nitrogens with zero attached hydrogens (tertiary/aromatic N) is 1. The Hall–Kier alpha value is -2.56. The fourth-order valence-corrected chi connectivity index (χ4v) is 5.37. The zero-order valence-corrected chi connectivity index (χ0v) is 19.2. The summed E-state index contributed by atoms with van der Waals surface area (Å²) < 4.78 is 64.6. The second-order valence-corrected chi connectivity index (χ2v) is 9.99. The standard InChI is InChI=1S/C25H26F3NO2S/c1-4-15-29(3)16-7-5-6-8-19-9-14-22-23(17-19)32(30,31)18(2)24(22)20-10-12-21(13-11-20)25(26,27)28/h9-14,17H,4-5,7,15-16H2,1-3H3. The van der Waals surface area contributed by atoms with Gasteiger partial charge < -0.3 is 4.90 Å². The molecule has 0 fully saturated rings. The van der Waals surface area contributed by atoms with Crippen molar-refractivity contribution in [2.45, 2.75) is 44.2 Å². The van der Waals surface area contributed by atoms with Gasteiger partial charge in [0.1, 0.15) is 0 Å². The van der Waals surface area contributed by atoms with Gasteiger partial charge in [0.15, 0.2) is 0 Å². The molecule has 0 saturated heterocycles. The molecular weight excluding hydrogens is 435 g/mol. The normalized spacial score (nSPS) is 15.0. The second-order valence-electron chi connectivity index (χ2n) is 7.93. The van der Waals surface area contributed by atoms with Gasteiger partial charge in [-0.3, -0.25) is 0 Å². The number of alkyl halides is 3. The van der Waals surface area contributed by atoms with Gasteiger partial charge in [-0.05, 0) is 69.7 Å². The molecule has 0 saturated carbocycles. The number of sulfone groups is 1. The van der Waals surface area contributed by atoms with Gasteiger partial charge in [-0.25, -0.2) is 8.42 Å². The Labute approximate surface area is 187 Å². The molecule has 0 unspecified atom stereocenters. The Balaban J connectivity index is 1.84. The van der Waals surface area contributed by atoms with Crippen LogP contribution in [-0.4, -0.2) is 33.5 Å². The third-order valence-electron chi connectivity index (χ3n) is 5.48. The summed E-state index contributed by atoms with van der Waals surface area (Å²) in [5.74, 6) is 6.14. The van der Waals surface area contributed by atoms with E-state index < -0.39 is 21.6 Å². The first kappa shape index (κ1) is 24.1. The van der Waals surface area contributed by atoms with Crippen molar-refractivity contribution in [2.75, 3.05) is 20.1 Å². The summed E-state index contributed by atoms with van der Waals surface area (Å²) >= 11 is 0. The van der Waals surface area contributed by atoms with Crippen molar-refractivity contribution in [3.8, 4) is 11.8 Å². The average molecular weight is 462 g/mol. The lowest BCUT2D eigenvalue weighted by molar-refractivity contribution is -0.137. The van der Waals surface area contributed by atoms with Crippen LogP contribution < -0.4 is 0 Å². The van der Waals surface area contributed by atoms with E-state index >= 15 is 0 Å². The molecule has 32 heavy (non-hydrogen) atoms. The second kappa shape index (κ2) is 9.51. The van der Waals surface area contributed by atoms with Crippen LogP contribution in [0, 0.1) is 11.8 Å². The van der Waals surface area contributed by atoms with Gasteiger partial charge in [0.05, 0.1) is 15.4 Å². The summed E-state index contributed by atoms with van der Waals surface area (Å²) in [6, 6.07) is 9.57. The van der Waals surface area contributed by atoms with Gasteiger partial charge in [-0.2, -0.15) is 13.2 Å². The summed E-state index contributed by atoms with van der Waals surface area (Å²) in [4.78, 5) is 2.54. The van der Waals surface area contributed by atoms with E-state index in [1.807, 2.05) is 0 Å². The molecule has 3 nitrogen and oxygen atoms in total.